The summed E-state index contributed by atoms with van der Waals surface area (Å²) in [4.78, 5) is 3.75. The molecule has 0 saturated heterocycles. The van der Waals surface area contributed by atoms with E-state index in [4.69, 9.17) is 10.5 Å². The van der Waals surface area contributed by atoms with Crippen molar-refractivity contribution in [1.29, 1.82) is 0 Å². The maximum atomic E-state index is 13.2. The van der Waals surface area contributed by atoms with Crippen LogP contribution >= 0.6 is 0 Å². The van der Waals surface area contributed by atoms with Gasteiger partial charge >= 0.3 is 6.18 Å². The molecule has 0 aliphatic rings. The van der Waals surface area contributed by atoms with Crippen molar-refractivity contribution >= 4 is 0 Å². The minimum atomic E-state index is -4.55. The molecule has 1 aromatic carbocycles. The van der Waals surface area contributed by atoms with Gasteiger partial charge in [-0.15, -0.1) is 0 Å². The van der Waals surface area contributed by atoms with Crippen LogP contribution in [0.3, 0.4) is 0 Å². The third kappa shape index (κ3) is 3.95. The summed E-state index contributed by atoms with van der Waals surface area (Å²) in [7, 11) is 0. The fraction of sp³-hybridized carbons (Fsp3) is 0.267. The highest BCUT2D eigenvalue weighted by molar-refractivity contribution is 5.34. The Morgan fingerprint density at radius 1 is 1.10 bits per heavy atom. The van der Waals surface area contributed by atoms with Gasteiger partial charge in [0.2, 0.25) is 6.10 Å². The molecule has 0 radical (unpaired) electrons. The van der Waals surface area contributed by atoms with Crippen LogP contribution in [0.4, 0.5) is 13.2 Å². The highest BCUT2D eigenvalue weighted by atomic mass is 19.4. The molecule has 0 amide bonds. The van der Waals surface area contributed by atoms with E-state index < -0.39 is 12.3 Å². The number of benzene rings is 1. The molecular weight excluding hydrogens is 281 g/mol. The second-order valence-electron chi connectivity index (χ2n) is 4.44. The SMILES string of the molecule is NCCc1ccccc1OC(c1ccccn1)C(F)(F)F. The lowest BCUT2D eigenvalue weighted by molar-refractivity contribution is -0.199. The first-order valence-electron chi connectivity index (χ1n) is 6.44. The number of para-hydroxylation sites is 1. The number of ether oxygens (including phenoxy) is 1. The van der Waals surface area contributed by atoms with Crippen molar-refractivity contribution < 1.29 is 17.9 Å². The Balaban J connectivity index is 2.33. The van der Waals surface area contributed by atoms with E-state index in [1.54, 1.807) is 24.3 Å². The van der Waals surface area contributed by atoms with Crippen LogP contribution in [0.5, 0.6) is 5.75 Å². The number of hydrogen-bond donors (Lipinski definition) is 1. The molecule has 2 aromatic rings. The van der Waals surface area contributed by atoms with Crippen molar-refractivity contribution in [1.82, 2.24) is 4.98 Å². The summed E-state index contributed by atoms with van der Waals surface area (Å²) in [5, 5.41) is 0. The van der Waals surface area contributed by atoms with E-state index in [0.717, 1.165) is 0 Å². The number of pyridine rings is 1. The molecule has 21 heavy (non-hydrogen) atoms. The van der Waals surface area contributed by atoms with Crippen molar-refractivity contribution in [2.75, 3.05) is 6.54 Å². The van der Waals surface area contributed by atoms with Gasteiger partial charge in [0.05, 0.1) is 5.69 Å². The van der Waals surface area contributed by atoms with Crippen LogP contribution in [0, 0.1) is 0 Å². The van der Waals surface area contributed by atoms with E-state index in [2.05, 4.69) is 4.98 Å². The number of alkyl halides is 3. The smallest absolute Gasteiger partial charge is 0.431 e. The zero-order chi connectivity index (χ0) is 15.3. The molecule has 1 unspecified atom stereocenters. The summed E-state index contributed by atoms with van der Waals surface area (Å²) >= 11 is 0. The van der Waals surface area contributed by atoms with Crippen molar-refractivity contribution in [2.45, 2.75) is 18.7 Å². The zero-order valence-corrected chi connectivity index (χ0v) is 11.2. The Labute approximate surface area is 120 Å². The van der Waals surface area contributed by atoms with Crippen molar-refractivity contribution in [3.8, 4) is 5.75 Å². The Morgan fingerprint density at radius 2 is 1.81 bits per heavy atom. The van der Waals surface area contributed by atoms with Crippen LogP contribution in [-0.4, -0.2) is 17.7 Å². The highest BCUT2D eigenvalue weighted by Crippen LogP contribution is 2.36. The predicted octanol–water partition coefficient (Wildman–Crippen LogP) is 3.27. The first-order chi connectivity index (χ1) is 10.0. The molecule has 0 fully saturated rings. The summed E-state index contributed by atoms with van der Waals surface area (Å²) in [5.74, 6) is 0.177. The summed E-state index contributed by atoms with van der Waals surface area (Å²) in [6, 6.07) is 10.9. The zero-order valence-electron chi connectivity index (χ0n) is 11.2. The molecule has 3 nitrogen and oxygen atoms in total. The van der Waals surface area contributed by atoms with Gasteiger partial charge in [-0.25, -0.2) is 0 Å². The van der Waals surface area contributed by atoms with Gasteiger partial charge in [0.1, 0.15) is 5.75 Å². The molecule has 1 heterocycles. The van der Waals surface area contributed by atoms with Gasteiger partial charge in [-0.2, -0.15) is 13.2 Å². The molecule has 112 valence electrons. The second kappa shape index (κ2) is 6.58. The average Bonchev–Trinajstić information content (AvgIpc) is 2.46. The van der Waals surface area contributed by atoms with Gasteiger partial charge in [0, 0.05) is 6.20 Å². The number of nitrogens with two attached hydrogens (primary N) is 1. The van der Waals surface area contributed by atoms with E-state index in [0.29, 0.717) is 18.5 Å². The van der Waals surface area contributed by atoms with Gasteiger partial charge in [0.15, 0.2) is 0 Å². The third-order valence-corrected chi connectivity index (χ3v) is 2.88. The summed E-state index contributed by atoms with van der Waals surface area (Å²) in [6.07, 6.45) is -4.89. The second-order valence-corrected chi connectivity index (χ2v) is 4.44. The lowest BCUT2D eigenvalue weighted by Gasteiger charge is -2.22. The van der Waals surface area contributed by atoms with Crippen LogP contribution < -0.4 is 10.5 Å². The fourth-order valence-corrected chi connectivity index (χ4v) is 1.93. The Hall–Kier alpha value is -2.08. The first-order valence-corrected chi connectivity index (χ1v) is 6.44. The topological polar surface area (TPSA) is 48.1 Å². The van der Waals surface area contributed by atoms with E-state index in [9.17, 15) is 13.2 Å². The van der Waals surface area contributed by atoms with E-state index >= 15 is 0 Å². The molecule has 2 rings (SSSR count). The van der Waals surface area contributed by atoms with Crippen molar-refractivity contribution in [3.63, 3.8) is 0 Å². The van der Waals surface area contributed by atoms with Crippen molar-refractivity contribution in [2.24, 2.45) is 5.73 Å². The lowest BCUT2D eigenvalue weighted by Crippen LogP contribution is -2.27. The first kappa shape index (κ1) is 15.3. The summed E-state index contributed by atoms with van der Waals surface area (Å²) in [6.45, 7) is 0.334. The molecule has 0 bridgehead atoms. The standard InChI is InChI=1S/C15H15F3N2O/c16-15(17,18)14(12-6-3-4-10-20-12)21-13-7-2-1-5-11(13)8-9-19/h1-7,10,14H,8-9,19H2. The third-order valence-electron chi connectivity index (χ3n) is 2.88. The van der Waals surface area contributed by atoms with E-state index in [1.165, 1.54) is 24.4 Å². The van der Waals surface area contributed by atoms with Gasteiger partial charge in [-0.3, -0.25) is 4.98 Å². The predicted molar refractivity (Wildman–Crippen MR) is 72.9 cm³/mol. The molecule has 0 aliphatic heterocycles. The highest BCUT2D eigenvalue weighted by Gasteiger charge is 2.44. The summed E-state index contributed by atoms with van der Waals surface area (Å²) < 4.78 is 44.9. The Bertz CT molecular complexity index is 573. The van der Waals surface area contributed by atoms with Gasteiger partial charge < -0.3 is 10.5 Å². The maximum absolute atomic E-state index is 13.2. The minimum Gasteiger partial charge on any atom is -0.474 e. The van der Waals surface area contributed by atoms with E-state index in [-0.39, 0.29) is 11.4 Å². The molecule has 1 atom stereocenters. The summed E-state index contributed by atoms with van der Waals surface area (Å²) in [5.41, 5.74) is 5.94. The van der Waals surface area contributed by atoms with E-state index in [1.807, 2.05) is 0 Å². The van der Waals surface area contributed by atoms with Crippen LogP contribution in [0.25, 0.3) is 0 Å². The van der Waals surface area contributed by atoms with Gasteiger partial charge in [-0.1, -0.05) is 24.3 Å². The van der Waals surface area contributed by atoms with Crippen molar-refractivity contribution in [3.05, 3.63) is 59.9 Å². The van der Waals surface area contributed by atoms with Crippen LogP contribution in [0.15, 0.2) is 48.7 Å². The number of halogens is 3. The monoisotopic (exact) mass is 296 g/mol. The number of hydrogen-bond acceptors (Lipinski definition) is 3. The number of rotatable bonds is 5. The molecule has 6 heteroatoms. The van der Waals surface area contributed by atoms with Crippen LogP contribution in [0.2, 0.25) is 0 Å². The Morgan fingerprint density at radius 3 is 2.43 bits per heavy atom. The molecule has 0 spiro atoms. The maximum Gasteiger partial charge on any atom is 0.431 e. The molecular formula is C15H15F3N2O. The number of nitrogens with zero attached hydrogens (tertiary/aromatic N) is 1. The van der Waals surface area contributed by atoms with Gasteiger partial charge in [0.25, 0.3) is 0 Å². The van der Waals surface area contributed by atoms with Crippen LogP contribution in [0.1, 0.15) is 17.4 Å². The number of aromatic nitrogens is 1. The fourth-order valence-electron chi connectivity index (χ4n) is 1.93. The normalized spacial score (nSPS) is 13.0. The molecule has 1 aromatic heterocycles. The average molecular weight is 296 g/mol. The van der Waals surface area contributed by atoms with Gasteiger partial charge in [-0.05, 0) is 36.7 Å². The molecule has 0 aliphatic carbocycles. The molecule has 0 saturated carbocycles. The molecule has 2 N–H and O–H groups in total. The quantitative estimate of drug-likeness (QED) is 0.921. The van der Waals surface area contributed by atoms with Crippen LogP contribution in [-0.2, 0) is 6.42 Å². The Kier molecular flexibility index (Phi) is 4.80. The minimum absolute atomic E-state index is 0.174. The lowest BCUT2D eigenvalue weighted by atomic mass is 10.1. The largest absolute Gasteiger partial charge is 0.474 e.